The molecule has 1 aliphatic carbocycles. The van der Waals surface area contributed by atoms with Crippen molar-refractivity contribution in [3.63, 3.8) is 0 Å². The van der Waals surface area contributed by atoms with Crippen LogP contribution in [-0.2, 0) is 11.3 Å². The Morgan fingerprint density at radius 2 is 1.90 bits per heavy atom. The molecule has 5 rings (SSSR count). The van der Waals surface area contributed by atoms with Gasteiger partial charge in [-0.3, -0.25) is 9.88 Å². The molecule has 0 amide bonds. The largest absolute Gasteiger partial charge is 0.379 e. The topological polar surface area (TPSA) is 81.9 Å². The van der Waals surface area contributed by atoms with Gasteiger partial charge in [0, 0.05) is 57.1 Å². The minimum Gasteiger partial charge on any atom is -0.379 e. The second-order valence-corrected chi connectivity index (χ2v) is 8.10. The summed E-state index contributed by atoms with van der Waals surface area (Å²) < 4.78 is 7.88. The summed E-state index contributed by atoms with van der Waals surface area (Å²) in [6.07, 6.45) is 13.1. The number of fused-ring (bicyclic) bond motifs is 1. The molecule has 0 N–H and O–H groups in total. The Kier molecular flexibility index (Phi) is 5.03. The van der Waals surface area contributed by atoms with Gasteiger partial charge in [-0.2, -0.15) is 0 Å². The number of hydrogen-bond acceptors (Lipinski definition) is 7. The van der Waals surface area contributed by atoms with E-state index in [4.69, 9.17) is 4.74 Å². The molecule has 2 aliphatic rings. The fourth-order valence-corrected chi connectivity index (χ4v) is 4.90. The molecule has 0 radical (unpaired) electrons. The van der Waals surface area contributed by atoms with Gasteiger partial charge >= 0.3 is 0 Å². The number of aromatic nitrogens is 6. The Morgan fingerprint density at radius 3 is 2.66 bits per heavy atom. The summed E-state index contributed by atoms with van der Waals surface area (Å²) in [5.41, 5.74) is 2.95. The standard InChI is InChI=1S/C21H25N7O/c1-29-21-6-17-12-27(10-15-3-2-4-22-7-15)11-16(17)5-20(21)28-13-19(25-26-28)18-8-23-14-24-9-18/h2-4,7-9,13-14,16-17,20-21H,5-6,10-12H2,1H3/t16-,17+,20-,21-/m1/s1. The molecule has 1 saturated heterocycles. The van der Waals surface area contributed by atoms with Gasteiger partial charge in [0.2, 0.25) is 0 Å². The first-order chi connectivity index (χ1) is 14.3. The summed E-state index contributed by atoms with van der Waals surface area (Å²) in [5, 5.41) is 8.77. The van der Waals surface area contributed by atoms with E-state index in [0.717, 1.165) is 43.7 Å². The zero-order valence-electron chi connectivity index (χ0n) is 16.5. The molecular weight excluding hydrogens is 366 g/mol. The number of ether oxygens (including phenoxy) is 1. The monoisotopic (exact) mass is 391 g/mol. The zero-order chi connectivity index (χ0) is 19.6. The summed E-state index contributed by atoms with van der Waals surface area (Å²) in [5.74, 6) is 1.31. The summed E-state index contributed by atoms with van der Waals surface area (Å²) in [6.45, 7) is 3.20. The van der Waals surface area contributed by atoms with E-state index in [2.05, 4.69) is 36.2 Å². The molecule has 4 atom stereocenters. The normalized spacial score (nSPS) is 27.1. The number of hydrogen-bond donors (Lipinski definition) is 0. The Morgan fingerprint density at radius 1 is 1.07 bits per heavy atom. The van der Waals surface area contributed by atoms with Crippen molar-refractivity contribution in [3.05, 3.63) is 55.0 Å². The number of methoxy groups -OCH3 is 1. The van der Waals surface area contributed by atoms with Crippen LogP contribution in [0.15, 0.2) is 49.4 Å². The molecule has 1 saturated carbocycles. The maximum Gasteiger partial charge on any atom is 0.116 e. The average Bonchev–Trinajstić information content (AvgIpc) is 3.40. The van der Waals surface area contributed by atoms with E-state index in [1.807, 2.05) is 36.4 Å². The minimum atomic E-state index is 0.149. The van der Waals surface area contributed by atoms with Crippen molar-refractivity contribution in [1.82, 2.24) is 34.8 Å². The maximum atomic E-state index is 5.89. The first kappa shape index (κ1) is 18.3. The van der Waals surface area contributed by atoms with Crippen LogP contribution in [0, 0.1) is 11.8 Å². The molecule has 0 bridgehead atoms. The van der Waals surface area contributed by atoms with Gasteiger partial charge in [-0.15, -0.1) is 5.10 Å². The van der Waals surface area contributed by atoms with Crippen LogP contribution in [0.1, 0.15) is 24.4 Å². The third-order valence-electron chi connectivity index (χ3n) is 6.30. The molecule has 4 heterocycles. The fraction of sp³-hybridized carbons (Fsp3) is 0.476. The first-order valence-corrected chi connectivity index (χ1v) is 10.1. The van der Waals surface area contributed by atoms with E-state index < -0.39 is 0 Å². The van der Waals surface area contributed by atoms with Gasteiger partial charge in [0.05, 0.1) is 18.3 Å². The van der Waals surface area contributed by atoms with Gasteiger partial charge in [0.1, 0.15) is 12.0 Å². The molecule has 3 aromatic heterocycles. The van der Waals surface area contributed by atoms with Gasteiger partial charge in [0.15, 0.2) is 0 Å². The lowest BCUT2D eigenvalue weighted by molar-refractivity contribution is -0.00545. The molecular formula is C21H25N7O. The van der Waals surface area contributed by atoms with Gasteiger partial charge in [-0.25, -0.2) is 14.6 Å². The maximum absolute atomic E-state index is 5.89. The summed E-state index contributed by atoms with van der Waals surface area (Å²) in [4.78, 5) is 15.0. The van der Waals surface area contributed by atoms with Crippen LogP contribution in [0.3, 0.4) is 0 Å². The number of pyridine rings is 1. The smallest absolute Gasteiger partial charge is 0.116 e. The molecule has 150 valence electrons. The summed E-state index contributed by atoms with van der Waals surface area (Å²) in [7, 11) is 1.81. The Labute approximate surface area is 170 Å². The van der Waals surface area contributed by atoms with Gasteiger partial charge in [-0.1, -0.05) is 11.3 Å². The van der Waals surface area contributed by atoms with Crippen molar-refractivity contribution < 1.29 is 4.74 Å². The van der Waals surface area contributed by atoms with Crippen molar-refractivity contribution in [2.24, 2.45) is 11.8 Å². The first-order valence-electron chi connectivity index (χ1n) is 10.1. The highest BCUT2D eigenvalue weighted by Crippen LogP contribution is 2.42. The second kappa shape index (κ2) is 7.96. The van der Waals surface area contributed by atoms with Crippen LogP contribution in [-0.4, -0.2) is 61.1 Å². The van der Waals surface area contributed by atoms with E-state index in [9.17, 15) is 0 Å². The minimum absolute atomic E-state index is 0.149. The van der Waals surface area contributed by atoms with Crippen LogP contribution < -0.4 is 0 Å². The lowest BCUT2D eigenvalue weighted by Gasteiger charge is -2.37. The van der Waals surface area contributed by atoms with Crippen molar-refractivity contribution in [2.75, 3.05) is 20.2 Å². The highest BCUT2D eigenvalue weighted by atomic mass is 16.5. The quantitative estimate of drug-likeness (QED) is 0.660. The zero-order valence-corrected chi connectivity index (χ0v) is 16.5. The van der Waals surface area contributed by atoms with Gasteiger partial charge in [-0.05, 0) is 36.3 Å². The van der Waals surface area contributed by atoms with Crippen LogP contribution in [0.2, 0.25) is 0 Å². The Hall–Kier alpha value is -2.71. The van der Waals surface area contributed by atoms with E-state index in [-0.39, 0.29) is 12.1 Å². The van der Waals surface area contributed by atoms with Gasteiger partial charge in [0.25, 0.3) is 0 Å². The van der Waals surface area contributed by atoms with Crippen LogP contribution >= 0.6 is 0 Å². The second-order valence-electron chi connectivity index (χ2n) is 8.10. The van der Waals surface area contributed by atoms with E-state index in [0.29, 0.717) is 11.8 Å². The van der Waals surface area contributed by atoms with Gasteiger partial charge < -0.3 is 4.74 Å². The molecule has 3 aromatic rings. The highest BCUT2D eigenvalue weighted by molar-refractivity contribution is 5.54. The van der Waals surface area contributed by atoms with Crippen LogP contribution in [0.4, 0.5) is 0 Å². The lowest BCUT2D eigenvalue weighted by Crippen LogP contribution is -2.37. The SMILES string of the molecule is CO[C@@H]1C[C@H]2CN(Cc3cccnc3)C[C@H]2C[C@H]1n1cc(-c2cncnc2)nn1. The molecule has 29 heavy (non-hydrogen) atoms. The van der Waals surface area contributed by atoms with Crippen molar-refractivity contribution >= 4 is 0 Å². The highest BCUT2D eigenvalue weighted by Gasteiger charge is 2.43. The molecule has 8 heteroatoms. The van der Waals surface area contributed by atoms with Crippen molar-refractivity contribution in [3.8, 4) is 11.3 Å². The molecule has 0 aromatic carbocycles. The number of nitrogens with zero attached hydrogens (tertiary/aromatic N) is 7. The molecule has 8 nitrogen and oxygen atoms in total. The number of likely N-dealkylation sites (tertiary alicyclic amines) is 1. The predicted octanol–water partition coefficient (Wildman–Crippen LogP) is 2.23. The summed E-state index contributed by atoms with van der Waals surface area (Å²) >= 11 is 0. The molecule has 0 spiro atoms. The van der Waals surface area contributed by atoms with E-state index >= 15 is 0 Å². The Bertz CT molecular complexity index is 932. The molecule has 2 fully saturated rings. The van der Waals surface area contributed by atoms with E-state index in [1.165, 1.54) is 11.9 Å². The molecule has 1 aliphatic heterocycles. The molecule has 0 unspecified atom stereocenters. The fourth-order valence-electron chi connectivity index (χ4n) is 4.90. The predicted molar refractivity (Wildman–Crippen MR) is 107 cm³/mol. The van der Waals surface area contributed by atoms with Crippen LogP contribution in [0.25, 0.3) is 11.3 Å². The third-order valence-corrected chi connectivity index (χ3v) is 6.30. The summed E-state index contributed by atoms with van der Waals surface area (Å²) in [6, 6.07) is 4.36. The number of rotatable bonds is 5. The van der Waals surface area contributed by atoms with Crippen molar-refractivity contribution in [2.45, 2.75) is 31.5 Å². The Balaban J connectivity index is 1.31. The van der Waals surface area contributed by atoms with Crippen molar-refractivity contribution in [1.29, 1.82) is 0 Å². The lowest BCUT2D eigenvalue weighted by atomic mass is 9.77. The third kappa shape index (κ3) is 3.77. The van der Waals surface area contributed by atoms with E-state index in [1.54, 1.807) is 12.4 Å². The average molecular weight is 391 g/mol. The van der Waals surface area contributed by atoms with Crippen LogP contribution in [0.5, 0.6) is 0 Å².